The first-order valence-corrected chi connectivity index (χ1v) is 27.0. The molecule has 0 atom stereocenters. The molecule has 6 heteroatoms. The number of anilines is 6. The van der Waals surface area contributed by atoms with Gasteiger partial charge in [0.2, 0.25) is 0 Å². The van der Waals surface area contributed by atoms with E-state index in [2.05, 4.69) is 245 Å². The quantitative estimate of drug-likeness (QED) is 0.174. The van der Waals surface area contributed by atoms with Gasteiger partial charge < -0.3 is 14.4 Å². The highest BCUT2D eigenvalue weighted by Crippen LogP contribution is 2.57. The second kappa shape index (κ2) is 15.7. The molecular formula is C64H66ClN3S2. The molecule has 0 amide bonds. The molecule has 11 rings (SSSR count). The molecule has 0 bridgehead atoms. The fraction of sp³-hybridized carbons (Fsp3) is 0.312. The van der Waals surface area contributed by atoms with Gasteiger partial charge in [-0.2, -0.15) is 0 Å². The SMILES string of the molecule is CC(C)(C)c1cc(N(c2csc3ccc(C(C)(C)C)cc23)c2cccc3c2sc2ccccc23)c(Cl)c(N2c3ccc(C(C)(C)C)cc3-n3c4ccc(C(C)(C)C)cc4c4cc(C(C)(C)C)cc2c43)c1. The van der Waals surface area contributed by atoms with Crippen molar-refractivity contribution in [3.05, 3.63) is 160 Å². The van der Waals surface area contributed by atoms with Crippen LogP contribution in [0.15, 0.2) is 127 Å². The molecule has 0 unspecified atom stereocenters. The highest BCUT2D eigenvalue weighted by molar-refractivity contribution is 7.26. The van der Waals surface area contributed by atoms with Crippen LogP contribution in [0, 0.1) is 0 Å². The Hall–Kier alpha value is -5.59. The maximum absolute atomic E-state index is 8.44. The first kappa shape index (κ1) is 46.8. The number of thiophene rings is 2. The van der Waals surface area contributed by atoms with Gasteiger partial charge in [0.15, 0.2) is 0 Å². The molecule has 7 aromatic carbocycles. The molecule has 0 fully saturated rings. The van der Waals surface area contributed by atoms with Gasteiger partial charge in [-0.1, -0.05) is 164 Å². The minimum Gasteiger partial charge on any atom is -0.306 e. The van der Waals surface area contributed by atoms with Crippen molar-refractivity contribution in [2.75, 3.05) is 9.80 Å². The molecule has 356 valence electrons. The van der Waals surface area contributed by atoms with Gasteiger partial charge in [-0.25, -0.2) is 0 Å². The zero-order valence-corrected chi connectivity index (χ0v) is 46.0. The van der Waals surface area contributed by atoms with Crippen molar-refractivity contribution >= 4 is 120 Å². The molecule has 0 saturated heterocycles. The lowest BCUT2D eigenvalue weighted by Gasteiger charge is -2.38. The topological polar surface area (TPSA) is 11.4 Å². The van der Waals surface area contributed by atoms with Crippen LogP contribution in [0.25, 0.3) is 57.8 Å². The van der Waals surface area contributed by atoms with Crippen LogP contribution >= 0.6 is 34.3 Å². The largest absolute Gasteiger partial charge is 0.306 e. The molecule has 3 aromatic heterocycles. The number of nitrogens with zero attached hydrogens (tertiary/aromatic N) is 3. The summed E-state index contributed by atoms with van der Waals surface area (Å²) in [7, 11) is 0. The maximum Gasteiger partial charge on any atom is 0.0887 e. The number of benzene rings is 7. The van der Waals surface area contributed by atoms with Crippen molar-refractivity contribution < 1.29 is 0 Å². The molecule has 4 heterocycles. The van der Waals surface area contributed by atoms with Crippen LogP contribution in [0.2, 0.25) is 5.02 Å². The van der Waals surface area contributed by atoms with Crippen LogP contribution in [0.5, 0.6) is 0 Å². The number of fused-ring (bicyclic) bond motifs is 9. The summed E-state index contributed by atoms with van der Waals surface area (Å²) >= 11 is 12.1. The van der Waals surface area contributed by atoms with E-state index in [1.54, 1.807) is 11.3 Å². The third-order valence-electron chi connectivity index (χ3n) is 14.8. The minimum absolute atomic E-state index is 0.0118. The number of hydrogen-bond donors (Lipinski definition) is 0. The predicted molar refractivity (Wildman–Crippen MR) is 310 cm³/mol. The van der Waals surface area contributed by atoms with Gasteiger partial charge in [-0.05, 0) is 128 Å². The van der Waals surface area contributed by atoms with Crippen LogP contribution in [-0.4, -0.2) is 4.57 Å². The molecular weight excluding hydrogens is 910 g/mol. The first-order valence-electron chi connectivity index (χ1n) is 24.9. The van der Waals surface area contributed by atoms with Crippen molar-refractivity contribution in [2.45, 2.75) is 131 Å². The second-order valence-corrected chi connectivity index (χ2v) is 27.3. The molecule has 0 N–H and O–H groups in total. The monoisotopic (exact) mass is 975 g/mol. The Balaban J connectivity index is 1.29. The molecule has 70 heavy (non-hydrogen) atoms. The van der Waals surface area contributed by atoms with E-state index in [1.165, 1.54) is 79.9 Å². The summed E-state index contributed by atoms with van der Waals surface area (Å²) in [4.78, 5) is 5.02. The Kier molecular flexibility index (Phi) is 10.5. The van der Waals surface area contributed by atoms with E-state index in [-0.39, 0.29) is 27.1 Å². The molecule has 3 nitrogen and oxygen atoms in total. The van der Waals surface area contributed by atoms with E-state index in [9.17, 15) is 0 Å². The van der Waals surface area contributed by atoms with Crippen LogP contribution in [0.1, 0.15) is 132 Å². The third kappa shape index (κ3) is 7.48. The highest BCUT2D eigenvalue weighted by Gasteiger charge is 2.36. The van der Waals surface area contributed by atoms with Crippen molar-refractivity contribution in [3.63, 3.8) is 0 Å². The van der Waals surface area contributed by atoms with E-state index in [1.807, 2.05) is 11.3 Å². The lowest BCUT2D eigenvalue weighted by Crippen LogP contribution is -2.23. The van der Waals surface area contributed by atoms with E-state index >= 15 is 0 Å². The van der Waals surface area contributed by atoms with Crippen LogP contribution in [-0.2, 0) is 27.1 Å². The summed E-state index contributed by atoms with van der Waals surface area (Å²) in [6, 6.07) is 46.7. The second-order valence-electron chi connectivity index (χ2n) is 25.0. The van der Waals surface area contributed by atoms with Crippen LogP contribution < -0.4 is 9.80 Å². The summed E-state index contributed by atoms with van der Waals surface area (Å²) in [5.74, 6) is 0. The van der Waals surface area contributed by atoms with Gasteiger partial charge in [0.25, 0.3) is 0 Å². The summed E-state index contributed by atoms with van der Waals surface area (Å²) in [6.07, 6.45) is 0. The van der Waals surface area contributed by atoms with E-state index in [0.717, 1.165) is 39.8 Å². The fourth-order valence-electron chi connectivity index (χ4n) is 10.5. The molecule has 1 aliphatic heterocycles. The number of rotatable bonds is 4. The predicted octanol–water partition coefficient (Wildman–Crippen LogP) is 20.8. The smallest absolute Gasteiger partial charge is 0.0887 e. The Bertz CT molecular complexity index is 3770. The number of aromatic nitrogens is 1. The van der Waals surface area contributed by atoms with Gasteiger partial charge in [-0.15, -0.1) is 22.7 Å². The maximum atomic E-state index is 8.44. The zero-order chi connectivity index (χ0) is 49.8. The summed E-state index contributed by atoms with van der Waals surface area (Å²) < 4.78 is 6.33. The summed E-state index contributed by atoms with van der Waals surface area (Å²) in [6.45, 7) is 34.8. The Labute approximate surface area is 428 Å². The van der Waals surface area contributed by atoms with Crippen molar-refractivity contribution in [1.29, 1.82) is 0 Å². The van der Waals surface area contributed by atoms with E-state index in [4.69, 9.17) is 11.6 Å². The lowest BCUT2D eigenvalue weighted by atomic mass is 9.84. The lowest BCUT2D eigenvalue weighted by molar-refractivity contribution is 0.589. The average molecular weight is 977 g/mol. The minimum atomic E-state index is -0.227. The zero-order valence-electron chi connectivity index (χ0n) is 43.7. The van der Waals surface area contributed by atoms with Gasteiger partial charge >= 0.3 is 0 Å². The average Bonchev–Trinajstić information content (AvgIpc) is 3.98. The fourth-order valence-corrected chi connectivity index (χ4v) is 12.9. The molecule has 10 aromatic rings. The number of halogens is 1. The summed E-state index contributed by atoms with van der Waals surface area (Å²) in [5, 5.41) is 9.36. The van der Waals surface area contributed by atoms with Crippen molar-refractivity contribution in [1.82, 2.24) is 4.57 Å². The molecule has 0 radical (unpaired) electrons. The highest BCUT2D eigenvalue weighted by atomic mass is 35.5. The molecule has 0 saturated carbocycles. The van der Waals surface area contributed by atoms with E-state index in [0.29, 0.717) is 5.02 Å². The third-order valence-corrected chi connectivity index (χ3v) is 17.4. The van der Waals surface area contributed by atoms with Crippen molar-refractivity contribution in [3.8, 4) is 5.69 Å². The van der Waals surface area contributed by atoms with Gasteiger partial charge in [0.05, 0.1) is 60.6 Å². The summed E-state index contributed by atoms with van der Waals surface area (Å²) in [5.41, 5.74) is 16.0. The van der Waals surface area contributed by atoms with Crippen LogP contribution in [0.4, 0.5) is 34.1 Å². The molecule has 0 aliphatic carbocycles. The standard InChI is InChI=1S/C64H66ClN3S2/c1-60(2,3)37-23-26-47-44(29-37)45-31-40(63(10,11)12)35-53-58(45)68(47)50-32-39(62(7,8)9)24-27-48(50)66(53)51-33-41(64(13,14)15)34-52(57(51)65)67(54-36-69-55-28-25-38(30-46(54)55)61(4,5)6)49-21-18-20-43-42-19-16-17-22-56(42)70-59(43)49/h16-36H,1-15H3. The Morgan fingerprint density at radius 3 is 1.66 bits per heavy atom. The van der Waals surface area contributed by atoms with Crippen LogP contribution in [0.3, 0.4) is 0 Å². The van der Waals surface area contributed by atoms with Crippen molar-refractivity contribution in [2.24, 2.45) is 0 Å². The number of hydrogen-bond acceptors (Lipinski definition) is 4. The van der Waals surface area contributed by atoms with Gasteiger partial charge in [0.1, 0.15) is 0 Å². The molecule has 1 aliphatic rings. The van der Waals surface area contributed by atoms with E-state index < -0.39 is 0 Å². The Morgan fingerprint density at radius 2 is 0.971 bits per heavy atom. The molecule has 0 spiro atoms. The van der Waals surface area contributed by atoms with Gasteiger partial charge in [-0.3, -0.25) is 0 Å². The van der Waals surface area contributed by atoms with Gasteiger partial charge in [0, 0.05) is 41.7 Å². The first-order chi connectivity index (χ1) is 32.8. The Morgan fingerprint density at radius 1 is 0.414 bits per heavy atom. The normalized spacial score (nSPS) is 13.7.